The van der Waals surface area contributed by atoms with Gasteiger partial charge in [-0.15, -0.1) is 0 Å². The van der Waals surface area contributed by atoms with Crippen molar-refractivity contribution in [2.75, 3.05) is 5.32 Å². The highest BCUT2D eigenvalue weighted by Gasteiger charge is 2.68. The molecule has 1 aliphatic carbocycles. The second kappa shape index (κ2) is 5.51. The number of nitrogens with one attached hydrogen (secondary N) is 1. The first kappa shape index (κ1) is 16.1. The largest absolute Gasteiger partial charge is 0.402 e. The van der Waals surface area contributed by atoms with Crippen molar-refractivity contribution in [3.63, 3.8) is 0 Å². The lowest BCUT2D eigenvalue weighted by Gasteiger charge is -2.05. The number of rotatable bonds is 4. The molecule has 0 radical (unpaired) electrons. The van der Waals surface area contributed by atoms with Gasteiger partial charge in [0.1, 0.15) is 5.82 Å². The van der Waals surface area contributed by atoms with Crippen LogP contribution in [0.25, 0.3) is 0 Å². The summed E-state index contributed by atoms with van der Waals surface area (Å²) in [6, 6.07) is 3.28. The number of amides is 1. The molecule has 1 heterocycles. The predicted molar refractivity (Wildman–Crippen MR) is 85.4 cm³/mol. The molecular formula is C16H21FN4O. The molecular weight excluding hydrogens is 283 g/mol. The Kier molecular flexibility index (Phi) is 4.04. The monoisotopic (exact) mass is 304 g/mol. The summed E-state index contributed by atoms with van der Waals surface area (Å²) in [7, 11) is 0. The molecule has 5 nitrogen and oxygen atoms in total. The van der Waals surface area contributed by atoms with E-state index in [0.29, 0.717) is 11.5 Å². The normalized spacial score (nSPS) is 20.1. The number of halogens is 1. The third kappa shape index (κ3) is 2.86. The minimum Gasteiger partial charge on any atom is -0.402 e. The minimum absolute atomic E-state index is 0.0204. The van der Waals surface area contributed by atoms with Crippen molar-refractivity contribution in [3.8, 4) is 0 Å². The van der Waals surface area contributed by atoms with Crippen LogP contribution in [-0.2, 0) is 4.79 Å². The average Bonchev–Trinajstić information content (AvgIpc) is 2.87. The SMILES string of the molecule is CC1(C)C(C(=O)Nc2ccc(N=C/C(F)=C\N)cn2)C1(C)C. The standard InChI is InChI=1S/C16H21FN4O/c1-15(2)13(16(15,3)4)14(22)21-12-6-5-11(9-20-12)19-8-10(17)7-18/h5-9,13H,18H2,1-4H3,(H,20,21,22)/b10-7+,19-8?. The van der Waals surface area contributed by atoms with E-state index >= 15 is 0 Å². The lowest BCUT2D eigenvalue weighted by atomic mass is 10.0. The molecule has 0 spiro atoms. The van der Waals surface area contributed by atoms with Crippen LogP contribution in [0.3, 0.4) is 0 Å². The molecule has 1 aromatic heterocycles. The van der Waals surface area contributed by atoms with Gasteiger partial charge in [-0.2, -0.15) is 0 Å². The van der Waals surface area contributed by atoms with Crippen LogP contribution in [0.4, 0.5) is 15.9 Å². The maximum absolute atomic E-state index is 12.8. The van der Waals surface area contributed by atoms with Crippen LogP contribution in [0, 0.1) is 16.7 Å². The molecule has 1 aromatic rings. The summed E-state index contributed by atoms with van der Waals surface area (Å²) in [6.45, 7) is 8.34. The van der Waals surface area contributed by atoms with E-state index in [0.717, 1.165) is 12.4 Å². The number of aliphatic imine (C=N–C) groups is 1. The zero-order valence-corrected chi connectivity index (χ0v) is 13.2. The van der Waals surface area contributed by atoms with E-state index in [4.69, 9.17) is 5.73 Å². The highest BCUT2D eigenvalue weighted by atomic mass is 19.1. The molecule has 0 bridgehead atoms. The number of pyridine rings is 1. The first-order valence-corrected chi connectivity index (χ1v) is 7.08. The van der Waals surface area contributed by atoms with E-state index in [2.05, 4.69) is 43.0 Å². The number of nitrogens with two attached hydrogens (primary N) is 1. The Morgan fingerprint density at radius 1 is 1.36 bits per heavy atom. The number of carbonyl (C=O) groups is 1. The van der Waals surface area contributed by atoms with E-state index in [9.17, 15) is 9.18 Å². The molecule has 6 heteroatoms. The molecule has 0 aromatic carbocycles. The van der Waals surface area contributed by atoms with Gasteiger partial charge in [0.15, 0.2) is 5.83 Å². The van der Waals surface area contributed by atoms with E-state index < -0.39 is 5.83 Å². The molecule has 1 amide bonds. The van der Waals surface area contributed by atoms with Gasteiger partial charge in [-0.05, 0) is 23.0 Å². The minimum atomic E-state index is -0.629. The molecule has 2 rings (SSSR count). The van der Waals surface area contributed by atoms with Crippen molar-refractivity contribution in [2.24, 2.45) is 27.5 Å². The number of carbonyl (C=O) groups excluding carboxylic acids is 1. The Morgan fingerprint density at radius 2 is 2.00 bits per heavy atom. The smallest absolute Gasteiger partial charge is 0.229 e. The van der Waals surface area contributed by atoms with Gasteiger partial charge in [-0.25, -0.2) is 9.37 Å². The molecule has 3 N–H and O–H groups in total. The molecule has 1 fully saturated rings. The summed E-state index contributed by atoms with van der Waals surface area (Å²) < 4.78 is 12.8. The fraction of sp³-hybridized carbons (Fsp3) is 0.438. The van der Waals surface area contributed by atoms with Gasteiger partial charge in [0.05, 0.1) is 18.1 Å². The molecule has 1 saturated carbocycles. The van der Waals surface area contributed by atoms with Gasteiger partial charge in [-0.3, -0.25) is 9.79 Å². The molecule has 22 heavy (non-hydrogen) atoms. The summed E-state index contributed by atoms with van der Waals surface area (Å²) in [5.41, 5.74) is 5.43. The van der Waals surface area contributed by atoms with E-state index in [1.165, 1.54) is 6.20 Å². The third-order valence-corrected chi connectivity index (χ3v) is 4.78. The number of aromatic nitrogens is 1. The van der Waals surface area contributed by atoms with Crippen LogP contribution >= 0.6 is 0 Å². The molecule has 0 aliphatic heterocycles. The Hall–Kier alpha value is -2.24. The molecule has 118 valence electrons. The van der Waals surface area contributed by atoms with Crippen molar-refractivity contribution < 1.29 is 9.18 Å². The van der Waals surface area contributed by atoms with Crippen LogP contribution in [-0.4, -0.2) is 17.1 Å². The number of hydrogen-bond donors (Lipinski definition) is 2. The Morgan fingerprint density at radius 3 is 2.45 bits per heavy atom. The summed E-state index contributed by atoms with van der Waals surface area (Å²) >= 11 is 0. The lowest BCUT2D eigenvalue weighted by molar-refractivity contribution is -0.118. The zero-order chi connectivity index (χ0) is 16.5. The first-order chi connectivity index (χ1) is 10.2. The quantitative estimate of drug-likeness (QED) is 0.838. The Labute approximate surface area is 129 Å². The molecule has 0 atom stereocenters. The third-order valence-electron chi connectivity index (χ3n) is 4.78. The summed E-state index contributed by atoms with van der Waals surface area (Å²) in [4.78, 5) is 20.3. The number of nitrogens with zero attached hydrogens (tertiary/aromatic N) is 2. The second-order valence-electron chi connectivity index (χ2n) is 6.58. The van der Waals surface area contributed by atoms with Gasteiger partial charge in [0.25, 0.3) is 0 Å². The van der Waals surface area contributed by atoms with Crippen LogP contribution < -0.4 is 11.1 Å². The Bertz CT molecular complexity index is 618. The molecule has 1 aliphatic rings. The summed E-state index contributed by atoms with van der Waals surface area (Å²) in [6.07, 6.45) is 3.29. The van der Waals surface area contributed by atoms with E-state index in [1.807, 2.05) is 0 Å². The molecule has 0 saturated heterocycles. The van der Waals surface area contributed by atoms with Crippen LogP contribution in [0.2, 0.25) is 0 Å². The number of anilines is 1. The van der Waals surface area contributed by atoms with Crippen molar-refractivity contribution in [1.82, 2.24) is 4.98 Å². The summed E-state index contributed by atoms with van der Waals surface area (Å²) in [5, 5.41) is 2.81. The van der Waals surface area contributed by atoms with Gasteiger partial charge < -0.3 is 11.1 Å². The lowest BCUT2D eigenvalue weighted by Crippen LogP contribution is -2.18. The number of allylic oxidation sites excluding steroid dienone is 1. The van der Waals surface area contributed by atoms with Crippen molar-refractivity contribution in [1.29, 1.82) is 0 Å². The average molecular weight is 304 g/mol. The fourth-order valence-electron chi connectivity index (χ4n) is 2.77. The van der Waals surface area contributed by atoms with Crippen molar-refractivity contribution in [2.45, 2.75) is 27.7 Å². The maximum atomic E-state index is 12.8. The highest BCUT2D eigenvalue weighted by Crippen LogP contribution is 2.68. The maximum Gasteiger partial charge on any atom is 0.229 e. The van der Waals surface area contributed by atoms with Crippen molar-refractivity contribution >= 4 is 23.6 Å². The zero-order valence-electron chi connectivity index (χ0n) is 13.2. The second-order valence-corrected chi connectivity index (χ2v) is 6.58. The van der Waals surface area contributed by atoms with Gasteiger partial charge >= 0.3 is 0 Å². The predicted octanol–water partition coefficient (Wildman–Crippen LogP) is 3.17. The topological polar surface area (TPSA) is 80.4 Å². The number of hydrogen-bond acceptors (Lipinski definition) is 4. The van der Waals surface area contributed by atoms with Crippen LogP contribution in [0.1, 0.15) is 27.7 Å². The van der Waals surface area contributed by atoms with E-state index in [-0.39, 0.29) is 22.7 Å². The van der Waals surface area contributed by atoms with E-state index in [1.54, 1.807) is 12.1 Å². The summed E-state index contributed by atoms with van der Waals surface area (Å²) in [5.74, 6) is -0.244. The van der Waals surface area contributed by atoms with Gasteiger partial charge in [0.2, 0.25) is 5.91 Å². The van der Waals surface area contributed by atoms with Crippen molar-refractivity contribution in [3.05, 3.63) is 30.4 Å². The molecule has 0 unspecified atom stereocenters. The van der Waals surface area contributed by atoms with Crippen LogP contribution in [0.15, 0.2) is 35.3 Å². The van der Waals surface area contributed by atoms with Gasteiger partial charge in [0, 0.05) is 12.1 Å². The first-order valence-electron chi connectivity index (χ1n) is 7.08. The van der Waals surface area contributed by atoms with Gasteiger partial charge in [-0.1, -0.05) is 27.7 Å². The van der Waals surface area contributed by atoms with Crippen LogP contribution in [0.5, 0.6) is 0 Å². The Balaban J connectivity index is 2.01. The highest BCUT2D eigenvalue weighted by molar-refractivity contribution is 5.95. The fourth-order valence-corrected chi connectivity index (χ4v) is 2.77.